The van der Waals surface area contributed by atoms with Gasteiger partial charge in [0.05, 0.1) is 30.6 Å². The van der Waals surface area contributed by atoms with E-state index in [4.69, 9.17) is 10.5 Å². The smallest absolute Gasteiger partial charge is 0.277 e. The molecule has 0 radical (unpaired) electrons. The molecule has 1 fully saturated rings. The van der Waals surface area contributed by atoms with Crippen LogP contribution in [0, 0.1) is 0 Å². The van der Waals surface area contributed by atoms with E-state index in [0.29, 0.717) is 44.9 Å². The van der Waals surface area contributed by atoms with Crippen molar-refractivity contribution in [3.63, 3.8) is 0 Å². The molecular formula is C26H31N9O5S. The summed E-state index contributed by atoms with van der Waals surface area (Å²) in [6.45, 7) is 7.12. The Morgan fingerprint density at radius 1 is 1.15 bits per heavy atom. The predicted molar refractivity (Wildman–Crippen MR) is 150 cm³/mol. The second-order valence-electron chi connectivity index (χ2n) is 9.51. The molecule has 0 saturated carbocycles. The van der Waals surface area contributed by atoms with Crippen LogP contribution >= 0.6 is 0 Å². The zero-order valence-electron chi connectivity index (χ0n) is 22.8. The molecule has 15 heteroatoms. The first kappa shape index (κ1) is 28.3. The Morgan fingerprint density at radius 3 is 2.59 bits per heavy atom. The fourth-order valence-electron chi connectivity index (χ4n) is 4.64. The van der Waals surface area contributed by atoms with Gasteiger partial charge in [-0.2, -0.15) is 9.40 Å². The number of aromatic nitrogens is 6. The molecule has 0 aliphatic carbocycles. The highest BCUT2D eigenvalue weighted by atomic mass is 32.2. The third-order valence-corrected chi connectivity index (χ3v) is 8.67. The van der Waals surface area contributed by atoms with Crippen LogP contribution in [-0.4, -0.2) is 92.6 Å². The van der Waals surface area contributed by atoms with E-state index in [0.717, 1.165) is 6.54 Å². The van der Waals surface area contributed by atoms with Gasteiger partial charge in [-0.3, -0.25) is 19.3 Å². The maximum absolute atomic E-state index is 13.5. The summed E-state index contributed by atoms with van der Waals surface area (Å²) in [6.07, 6.45) is 3.51. The Kier molecular flexibility index (Phi) is 8.10. The number of amides is 1. The second-order valence-corrected chi connectivity index (χ2v) is 11.5. The minimum Gasteiger partial charge on any atom is -0.477 e. The number of piperazine rings is 1. The lowest BCUT2D eigenvalue weighted by Gasteiger charge is -2.33. The second kappa shape index (κ2) is 11.7. The highest BCUT2D eigenvalue weighted by molar-refractivity contribution is 7.89. The number of fused-ring (bicyclic) bond motifs is 1. The first-order valence-corrected chi connectivity index (χ1v) is 14.7. The fourth-order valence-corrected chi connectivity index (χ4v) is 6.03. The predicted octanol–water partition coefficient (Wildman–Crippen LogP) is 0.839. The number of carbonyl (C=O) groups excluding carboxylic acids is 1. The Morgan fingerprint density at radius 2 is 1.93 bits per heavy atom. The third-order valence-electron chi connectivity index (χ3n) is 6.81. The average molecular weight is 582 g/mol. The van der Waals surface area contributed by atoms with Crippen molar-refractivity contribution in [2.24, 2.45) is 5.73 Å². The summed E-state index contributed by atoms with van der Waals surface area (Å²) in [5, 5.41) is 4.25. The minimum atomic E-state index is -3.89. The molecule has 1 saturated heterocycles. The molecule has 1 amide bonds. The van der Waals surface area contributed by atoms with Gasteiger partial charge in [-0.15, -0.1) is 0 Å². The van der Waals surface area contributed by atoms with E-state index in [1.54, 1.807) is 24.4 Å². The van der Waals surface area contributed by atoms with E-state index in [2.05, 4.69) is 29.9 Å². The molecule has 0 atom stereocenters. The number of nitrogens with two attached hydrogens (primary N) is 1. The zero-order valence-corrected chi connectivity index (χ0v) is 23.6. The summed E-state index contributed by atoms with van der Waals surface area (Å²) in [5.41, 5.74) is 5.54. The van der Waals surface area contributed by atoms with Gasteiger partial charge >= 0.3 is 0 Å². The standard InChI is InChI=1S/C26H31N9O5S/c1-3-13-40-26-19(14-18(15-29-26)41(38,39)34-11-9-33(4-2)10-12-34)24-30-20-21(23(27)36)32-35(22(20)25(37)31-24)16-17-7-5-6-8-28-17/h5-8,14-15H,3-4,9-13,16H2,1-2H3,(H2,27,36)(H,30,31,37). The number of aromatic amines is 1. The van der Waals surface area contributed by atoms with E-state index in [-0.39, 0.29) is 45.4 Å². The molecule has 0 spiro atoms. The molecule has 4 aromatic rings. The normalized spacial score (nSPS) is 14.9. The number of nitrogens with one attached hydrogen (secondary N) is 1. The average Bonchev–Trinajstić information content (AvgIpc) is 3.35. The van der Waals surface area contributed by atoms with E-state index in [1.165, 1.54) is 21.3 Å². The van der Waals surface area contributed by atoms with Gasteiger partial charge in [0, 0.05) is 32.4 Å². The number of nitrogens with zero attached hydrogens (tertiary/aromatic N) is 7. The maximum Gasteiger partial charge on any atom is 0.277 e. The van der Waals surface area contributed by atoms with Crippen LogP contribution in [-0.2, 0) is 16.6 Å². The van der Waals surface area contributed by atoms with Gasteiger partial charge in [-0.1, -0.05) is 19.9 Å². The summed E-state index contributed by atoms with van der Waals surface area (Å²) < 4.78 is 35.6. The molecule has 0 bridgehead atoms. The van der Waals surface area contributed by atoms with Crippen LogP contribution in [0.3, 0.4) is 0 Å². The summed E-state index contributed by atoms with van der Waals surface area (Å²) in [5.74, 6) is -0.818. The van der Waals surface area contributed by atoms with Crippen LogP contribution in [0.1, 0.15) is 36.5 Å². The Labute approximate surface area is 236 Å². The van der Waals surface area contributed by atoms with Gasteiger partial charge in [-0.05, 0) is 31.2 Å². The van der Waals surface area contributed by atoms with Crippen molar-refractivity contribution in [2.45, 2.75) is 31.7 Å². The van der Waals surface area contributed by atoms with Gasteiger partial charge < -0.3 is 20.4 Å². The number of likely N-dealkylation sites (N-methyl/N-ethyl adjacent to an activating group) is 1. The van der Waals surface area contributed by atoms with Crippen molar-refractivity contribution >= 4 is 27.0 Å². The summed E-state index contributed by atoms with van der Waals surface area (Å²) in [6, 6.07) is 6.68. The van der Waals surface area contributed by atoms with Gasteiger partial charge in [0.1, 0.15) is 16.2 Å². The molecule has 1 aliphatic rings. The first-order valence-electron chi connectivity index (χ1n) is 13.3. The largest absolute Gasteiger partial charge is 0.477 e. The number of pyridine rings is 2. The van der Waals surface area contributed by atoms with Crippen LogP contribution in [0.5, 0.6) is 5.88 Å². The lowest BCUT2D eigenvalue weighted by atomic mass is 10.2. The molecule has 4 aromatic heterocycles. The number of ether oxygens (including phenoxy) is 1. The highest BCUT2D eigenvalue weighted by Crippen LogP contribution is 2.30. The lowest BCUT2D eigenvalue weighted by Crippen LogP contribution is -2.48. The molecule has 14 nitrogen and oxygen atoms in total. The minimum absolute atomic E-state index is 0.0229. The first-order chi connectivity index (χ1) is 19.7. The molecular weight excluding hydrogens is 550 g/mol. The summed E-state index contributed by atoms with van der Waals surface area (Å²) in [7, 11) is -3.89. The van der Waals surface area contributed by atoms with Crippen molar-refractivity contribution in [1.29, 1.82) is 0 Å². The number of primary amides is 1. The molecule has 0 unspecified atom stereocenters. The van der Waals surface area contributed by atoms with Gasteiger partial charge in [0.15, 0.2) is 11.2 Å². The number of hydrogen-bond donors (Lipinski definition) is 2. The van der Waals surface area contributed by atoms with Crippen LogP contribution in [0.15, 0.2) is 46.3 Å². The number of hydrogen-bond acceptors (Lipinski definition) is 10. The number of sulfonamides is 1. The van der Waals surface area contributed by atoms with E-state index in [9.17, 15) is 18.0 Å². The Balaban J connectivity index is 1.62. The SMILES string of the molecule is CCCOc1ncc(S(=O)(=O)N2CCN(CC)CC2)cc1-c1nc2c(C(N)=O)nn(Cc3ccccn3)c2c(=O)[nH]1. The molecule has 5 heterocycles. The van der Waals surface area contributed by atoms with Crippen LogP contribution in [0.4, 0.5) is 0 Å². The lowest BCUT2D eigenvalue weighted by molar-refractivity contribution is 0.0996. The molecule has 0 aromatic carbocycles. The number of H-pyrrole nitrogens is 1. The van der Waals surface area contributed by atoms with Gasteiger partial charge in [0.2, 0.25) is 15.9 Å². The van der Waals surface area contributed by atoms with Crippen molar-refractivity contribution in [3.8, 4) is 17.3 Å². The topological polar surface area (TPSA) is 182 Å². The zero-order chi connectivity index (χ0) is 29.1. The molecule has 41 heavy (non-hydrogen) atoms. The van der Waals surface area contributed by atoms with Crippen molar-refractivity contribution < 1.29 is 17.9 Å². The van der Waals surface area contributed by atoms with Gasteiger partial charge in [-0.25, -0.2) is 18.4 Å². The maximum atomic E-state index is 13.5. The van der Waals surface area contributed by atoms with Crippen molar-refractivity contribution in [2.75, 3.05) is 39.3 Å². The monoisotopic (exact) mass is 581 g/mol. The fraction of sp³-hybridized carbons (Fsp3) is 0.385. The molecule has 1 aliphatic heterocycles. The van der Waals surface area contributed by atoms with Crippen LogP contribution < -0.4 is 16.0 Å². The van der Waals surface area contributed by atoms with Crippen LogP contribution in [0.25, 0.3) is 22.4 Å². The van der Waals surface area contributed by atoms with E-state index < -0.39 is 21.5 Å². The Hall–Kier alpha value is -4.21. The Bertz CT molecular complexity index is 1730. The van der Waals surface area contributed by atoms with Crippen LogP contribution in [0.2, 0.25) is 0 Å². The van der Waals surface area contributed by atoms with Gasteiger partial charge in [0.25, 0.3) is 11.5 Å². The quantitative estimate of drug-likeness (QED) is 0.272. The molecule has 216 valence electrons. The highest BCUT2D eigenvalue weighted by Gasteiger charge is 2.30. The van der Waals surface area contributed by atoms with Crippen molar-refractivity contribution in [3.05, 3.63) is 58.4 Å². The van der Waals surface area contributed by atoms with E-state index in [1.807, 2.05) is 13.8 Å². The molecule has 5 rings (SSSR count). The van der Waals surface area contributed by atoms with Crippen molar-refractivity contribution in [1.82, 2.24) is 38.9 Å². The summed E-state index contributed by atoms with van der Waals surface area (Å²) >= 11 is 0. The number of rotatable bonds is 10. The third kappa shape index (κ3) is 5.68. The van der Waals surface area contributed by atoms with E-state index >= 15 is 0 Å². The molecule has 3 N–H and O–H groups in total. The summed E-state index contributed by atoms with van der Waals surface area (Å²) in [4.78, 5) is 43.6. The number of carbonyl (C=O) groups is 1.